The SMILES string of the molecule is O=C(CC1CCCN1)Nc1cc(F)c(F)cc1C(=O)O. The van der Waals surface area contributed by atoms with Gasteiger partial charge in [-0.15, -0.1) is 0 Å². The number of hydrogen-bond acceptors (Lipinski definition) is 3. The highest BCUT2D eigenvalue weighted by molar-refractivity contribution is 6.00. The zero-order valence-electron chi connectivity index (χ0n) is 10.6. The summed E-state index contributed by atoms with van der Waals surface area (Å²) in [7, 11) is 0. The van der Waals surface area contributed by atoms with E-state index in [1.54, 1.807) is 0 Å². The van der Waals surface area contributed by atoms with Gasteiger partial charge in [0, 0.05) is 18.5 Å². The molecule has 3 N–H and O–H groups in total. The Bertz CT molecular complexity index is 543. The molecule has 0 radical (unpaired) electrons. The fourth-order valence-corrected chi connectivity index (χ4v) is 2.18. The van der Waals surface area contributed by atoms with E-state index >= 15 is 0 Å². The van der Waals surface area contributed by atoms with E-state index in [0.717, 1.165) is 19.4 Å². The summed E-state index contributed by atoms with van der Waals surface area (Å²) < 4.78 is 26.2. The third kappa shape index (κ3) is 3.30. The van der Waals surface area contributed by atoms with Gasteiger partial charge in [-0.25, -0.2) is 13.6 Å². The highest BCUT2D eigenvalue weighted by atomic mass is 19.2. The van der Waals surface area contributed by atoms with E-state index in [9.17, 15) is 18.4 Å². The molecule has 1 aromatic rings. The molecule has 0 saturated carbocycles. The number of carboxylic acids is 1. The number of benzene rings is 1. The van der Waals surface area contributed by atoms with E-state index in [-0.39, 0.29) is 18.2 Å². The largest absolute Gasteiger partial charge is 0.478 e. The van der Waals surface area contributed by atoms with E-state index in [0.29, 0.717) is 12.1 Å². The van der Waals surface area contributed by atoms with Crippen LogP contribution in [0.15, 0.2) is 12.1 Å². The topological polar surface area (TPSA) is 78.4 Å². The maximum Gasteiger partial charge on any atom is 0.337 e. The highest BCUT2D eigenvalue weighted by Gasteiger charge is 2.20. The fraction of sp³-hybridized carbons (Fsp3) is 0.385. The van der Waals surface area contributed by atoms with Gasteiger partial charge in [-0.3, -0.25) is 4.79 Å². The Morgan fingerprint density at radius 2 is 2.05 bits per heavy atom. The van der Waals surface area contributed by atoms with Gasteiger partial charge < -0.3 is 15.7 Å². The van der Waals surface area contributed by atoms with Gasteiger partial charge in [-0.1, -0.05) is 0 Å². The smallest absolute Gasteiger partial charge is 0.337 e. The Kier molecular flexibility index (Phi) is 4.29. The van der Waals surface area contributed by atoms with Crippen molar-refractivity contribution in [2.45, 2.75) is 25.3 Å². The number of rotatable bonds is 4. The summed E-state index contributed by atoms with van der Waals surface area (Å²) in [5.74, 6) is -4.33. The molecule has 0 bridgehead atoms. The molecule has 1 unspecified atom stereocenters. The number of hydrogen-bond donors (Lipinski definition) is 3. The summed E-state index contributed by atoms with van der Waals surface area (Å²) >= 11 is 0. The van der Waals surface area contributed by atoms with Gasteiger partial charge in [0.05, 0.1) is 11.3 Å². The average Bonchev–Trinajstić information content (AvgIpc) is 2.85. The number of halogens is 2. The molecule has 1 aliphatic heterocycles. The molecule has 5 nitrogen and oxygen atoms in total. The Morgan fingerprint density at radius 1 is 1.35 bits per heavy atom. The molecule has 1 fully saturated rings. The summed E-state index contributed by atoms with van der Waals surface area (Å²) in [6.07, 6.45) is 2.00. The second-order valence-electron chi connectivity index (χ2n) is 4.66. The minimum Gasteiger partial charge on any atom is -0.478 e. The number of carbonyl (C=O) groups excluding carboxylic acids is 1. The van der Waals surface area contributed by atoms with Crippen LogP contribution in [-0.2, 0) is 4.79 Å². The van der Waals surface area contributed by atoms with Crippen molar-refractivity contribution in [1.82, 2.24) is 5.32 Å². The van der Waals surface area contributed by atoms with Crippen LogP contribution >= 0.6 is 0 Å². The lowest BCUT2D eigenvalue weighted by Crippen LogP contribution is -2.28. The quantitative estimate of drug-likeness (QED) is 0.787. The van der Waals surface area contributed by atoms with Gasteiger partial charge in [0.2, 0.25) is 5.91 Å². The molecule has 0 aliphatic carbocycles. The normalized spacial score (nSPS) is 18.0. The minimum atomic E-state index is -1.43. The number of aromatic carboxylic acids is 1. The van der Waals surface area contributed by atoms with Crippen LogP contribution in [-0.4, -0.2) is 29.6 Å². The molecule has 1 heterocycles. The van der Waals surface area contributed by atoms with Crippen LogP contribution in [0.25, 0.3) is 0 Å². The molecule has 1 amide bonds. The summed E-state index contributed by atoms with van der Waals surface area (Å²) in [5, 5.41) is 14.4. The van der Waals surface area contributed by atoms with Crippen molar-refractivity contribution in [2.24, 2.45) is 0 Å². The van der Waals surface area contributed by atoms with Crippen LogP contribution in [0.5, 0.6) is 0 Å². The summed E-state index contributed by atoms with van der Waals surface area (Å²) in [5.41, 5.74) is -0.712. The van der Waals surface area contributed by atoms with E-state index in [2.05, 4.69) is 10.6 Å². The number of carboxylic acid groups (broad SMARTS) is 1. The standard InChI is InChI=1S/C13H14F2N2O3/c14-9-5-8(13(19)20)11(6-10(9)15)17-12(18)4-7-2-1-3-16-7/h5-7,16H,1-4H2,(H,17,18)(H,19,20). The average molecular weight is 284 g/mol. The molecule has 1 atom stereocenters. The maximum atomic E-state index is 13.1. The third-order valence-corrected chi connectivity index (χ3v) is 3.16. The second-order valence-corrected chi connectivity index (χ2v) is 4.66. The first-order chi connectivity index (χ1) is 9.47. The van der Waals surface area contributed by atoms with Crippen molar-refractivity contribution in [1.29, 1.82) is 0 Å². The van der Waals surface area contributed by atoms with Crippen LogP contribution in [0.2, 0.25) is 0 Å². The molecular weight excluding hydrogens is 270 g/mol. The first-order valence-corrected chi connectivity index (χ1v) is 6.23. The Hall–Kier alpha value is -2.02. The first-order valence-electron chi connectivity index (χ1n) is 6.23. The summed E-state index contributed by atoms with van der Waals surface area (Å²) in [6, 6.07) is 1.27. The molecular formula is C13H14F2N2O3. The Morgan fingerprint density at radius 3 is 2.65 bits per heavy atom. The van der Waals surface area contributed by atoms with Crippen LogP contribution < -0.4 is 10.6 Å². The van der Waals surface area contributed by atoms with Crippen LogP contribution in [0.1, 0.15) is 29.6 Å². The lowest BCUT2D eigenvalue weighted by molar-refractivity contribution is -0.116. The third-order valence-electron chi connectivity index (χ3n) is 3.16. The van der Waals surface area contributed by atoms with Crippen molar-refractivity contribution < 1.29 is 23.5 Å². The molecule has 1 aliphatic rings. The van der Waals surface area contributed by atoms with Crippen molar-refractivity contribution in [3.63, 3.8) is 0 Å². The number of amides is 1. The van der Waals surface area contributed by atoms with Crippen LogP contribution in [0.3, 0.4) is 0 Å². The first kappa shape index (κ1) is 14.4. The molecule has 2 rings (SSSR count). The number of carbonyl (C=O) groups is 2. The van der Waals surface area contributed by atoms with E-state index in [1.165, 1.54) is 0 Å². The van der Waals surface area contributed by atoms with Gasteiger partial charge in [-0.05, 0) is 25.5 Å². The van der Waals surface area contributed by atoms with Crippen molar-refractivity contribution in [3.05, 3.63) is 29.3 Å². The predicted molar refractivity (Wildman–Crippen MR) is 67.6 cm³/mol. The lowest BCUT2D eigenvalue weighted by atomic mass is 10.1. The van der Waals surface area contributed by atoms with Crippen molar-refractivity contribution in [2.75, 3.05) is 11.9 Å². The molecule has 108 valence electrons. The predicted octanol–water partition coefficient (Wildman–Crippen LogP) is 1.74. The number of nitrogens with one attached hydrogen (secondary N) is 2. The van der Waals surface area contributed by atoms with Gasteiger partial charge in [0.15, 0.2) is 11.6 Å². The molecule has 1 saturated heterocycles. The van der Waals surface area contributed by atoms with Gasteiger partial charge in [0.25, 0.3) is 0 Å². The summed E-state index contributed by atoms with van der Waals surface area (Å²) in [6.45, 7) is 0.837. The zero-order valence-corrected chi connectivity index (χ0v) is 10.6. The molecule has 20 heavy (non-hydrogen) atoms. The molecule has 1 aromatic carbocycles. The minimum absolute atomic E-state index is 0.0357. The second kappa shape index (κ2) is 5.96. The van der Waals surface area contributed by atoms with E-state index in [1.807, 2.05) is 0 Å². The van der Waals surface area contributed by atoms with E-state index < -0.39 is 29.1 Å². The monoisotopic (exact) mass is 284 g/mol. The zero-order chi connectivity index (χ0) is 14.7. The summed E-state index contributed by atoms with van der Waals surface area (Å²) in [4.78, 5) is 22.7. The van der Waals surface area contributed by atoms with E-state index in [4.69, 9.17) is 5.11 Å². The van der Waals surface area contributed by atoms with Crippen molar-refractivity contribution in [3.8, 4) is 0 Å². The highest BCUT2D eigenvalue weighted by Crippen LogP contribution is 2.21. The molecule has 0 spiro atoms. The van der Waals surface area contributed by atoms with Crippen molar-refractivity contribution >= 4 is 17.6 Å². The Labute approximate surface area is 114 Å². The molecule has 0 aromatic heterocycles. The molecule has 7 heteroatoms. The Balaban J connectivity index is 2.13. The van der Waals surface area contributed by atoms with Crippen LogP contribution in [0, 0.1) is 11.6 Å². The lowest BCUT2D eigenvalue weighted by Gasteiger charge is -2.12. The number of anilines is 1. The fourth-order valence-electron chi connectivity index (χ4n) is 2.18. The van der Waals surface area contributed by atoms with Crippen LogP contribution in [0.4, 0.5) is 14.5 Å². The van der Waals surface area contributed by atoms with Gasteiger partial charge in [-0.2, -0.15) is 0 Å². The van der Waals surface area contributed by atoms with Gasteiger partial charge in [0.1, 0.15) is 0 Å². The van der Waals surface area contributed by atoms with Gasteiger partial charge >= 0.3 is 5.97 Å². The maximum absolute atomic E-state index is 13.1.